The Kier molecular flexibility index (Phi) is 3.73. The number of nitrogens with two attached hydrogens (primary N) is 1. The number of hydrogen-bond donors (Lipinski definition) is 1. The molecule has 2 heterocycles. The first-order chi connectivity index (χ1) is 11.5. The first-order valence-corrected chi connectivity index (χ1v) is 7.39. The first kappa shape index (κ1) is 15.6. The van der Waals surface area contributed by atoms with Gasteiger partial charge in [0.1, 0.15) is 6.07 Å². The molecular formula is C17H16N4O3. The number of aromatic nitrogens is 1. The molecule has 7 heteroatoms. The van der Waals surface area contributed by atoms with Gasteiger partial charge in [0.15, 0.2) is 5.69 Å². The van der Waals surface area contributed by atoms with Crippen molar-refractivity contribution >= 4 is 23.3 Å². The fraction of sp³-hybridized carbons (Fsp3) is 0.235. The highest BCUT2D eigenvalue weighted by atomic mass is 16.5. The fourth-order valence-corrected chi connectivity index (χ4v) is 3.05. The molecule has 1 aliphatic rings. The van der Waals surface area contributed by atoms with Crippen LogP contribution in [-0.2, 0) is 16.0 Å². The lowest BCUT2D eigenvalue weighted by Crippen LogP contribution is -2.27. The van der Waals surface area contributed by atoms with Gasteiger partial charge in [-0.05, 0) is 18.1 Å². The van der Waals surface area contributed by atoms with Crippen molar-refractivity contribution in [2.75, 3.05) is 24.3 Å². The van der Waals surface area contributed by atoms with Crippen LogP contribution in [0, 0.1) is 11.3 Å². The minimum Gasteiger partial charge on any atom is -0.464 e. The van der Waals surface area contributed by atoms with Crippen molar-refractivity contribution in [3.8, 4) is 11.8 Å². The molecule has 0 atom stereocenters. The molecule has 0 aliphatic carbocycles. The van der Waals surface area contributed by atoms with Crippen LogP contribution in [0.1, 0.15) is 28.5 Å². The number of nitrogen functional groups attached to an aromatic ring is 1. The molecule has 0 spiro atoms. The SMILES string of the molecule is COC(=O)c1c(N)c(C#N)cn1-c1cccc2c1N(C(C)=O)CC2. The predicted molar refractivity (Wildman–Crippen MR) is 88.0 cm³/mol. The average molecular weight is 324 g/mol. The van der Waals surface area contributed by atoms with E-state index in [1.807, 2.05) is 18.2 Å². The van der Waals surface area contributed by atoms with E-state index in [1.54, 1.807) is 11.0 Å². The van der Waals surface area contributed by atoms with Gasteiger partial charge >= 0.3 is 5.97 Å². The number of benzene rings is 1. The molecule has 24 heavy (non-hydrogen) atoms. The third-order valence-electron chi connectivity index (χ3n) is 4.16. The minimum absolute atomic E-state index is 0.0642. The number of carbonyl (C=O) groups excluding carboxylic acids is 2. The highest BCUT2D eigenvalue weighted by Gasteiger charge is 2.29. The van der Waals surface area contributed by atoms with Gasteiger partial charge in [-0.25, -0.2) is 4.79 Å². The fourth-order valence-electron chi connectivity index (χ4n) is 3.05. The molecule has 1 aliphatic heterocycles. The van der Waals surface area contributed by atoms with E-state index < -0.39 is 5.97 Å². The third-order valence-corrected chi connectivity index (χ3v) is 4.16. The number of nitriles is 1. The van der Waals surface area contributed by atoms with Gasteiger partial charge < -0.3 is 19.9 Å². The summed E-state index contributed by atoms with van der Waals surface area (Å²) in [4.78, 5) is 25.8. The molecule has 0 saturated heterocycles. The normalized spacial score (nSPS) is 12.6. The van der Waals surface area contributed by atoms with Gasteiger partial charge in [-0.3, -0.25) is 4.79 Å². The van der Waals surface area contributed by atoms with E-state index in [0.717, 1.165) is 17.7 Å². The van der Waals surface area contributed by atoms with Gasteiger partial charge in [0.2, 0.25) is 5.91 Å². The molecule has 0 unspecified atom stereocenters. The molecule has 0 saturated carbocycles. The summed E-state index contributed by atoms with van der Waals surface area (Å²) in [6.45, 7) is 2.08. The molecule has 7 nitrogen and oxygen atoms in total. The highest BCUT2D eigenvalue weighted by molar-refractivity contribution is 5.99. The largest absolute Gasteiger partial charge is 0.464 e. The van der Waals surface area contributed by atoms with Gasteiger partial charge in [0, 0.05) is 19.7 Å². The number of carbonyl (C=O) groups is 2. The van der Waals surface area contributed by atoms with Gasteiger partial charge in [-0.1, -0.05) is 12.1 Å². The van der Waals surface area contributed by atoms with E-state index in [-0.39, 0.29) is 22.9 Å². The minimum atomic E-state index is -0.640. The molecular weight excluding hydrogens is 308 g/mol. The zero-order chi connectivity index (χ0) is 17.4. The second-order valence-electron chi connectivity index (χ2n) is 5.48. The zero-order valence-electron chi connectivity index (χ0n) is 13.4. The summed E-state index contributed by atoms with van der Waals surface area (Å²) in [7, 11) is 1.25. The maximum Gasteiger partial charge on any atom is 0.357 e. The van der Waals surface area contributed by atoms with E-state index >= 15 is 0 Å². The van der Waals surface area contributed by atoms with Crippen molar-refractivity contribution < 1.29 is 14.3 Å². The number of esters is 1. The maximum absolute atomic E-state index is 12.2. The van der Waals surface area contributed by atoms with Crippen molar-refractivity contribution in [3.63, 3.8) is 0 Å². The zero-order valence-corrected chi connectivity index (χ0v) is 13.4. The number of nitrogens with zero attached hydrogens (tertiary/aromatic N) is 3. The van der Waals surface area contributed by atoms with E-state index in [4.69, 9.17) is 10.5 Å². The number of methoxy groups -OCH3 is 1. The Labute approximate surface area is 138 Å². The Morgan fingerprint density at radius 1 is 1.38 bits per heavy atom. The van der Waals surface area contributed by atoms with Gasteiger partial charge in [-0.2, -0.15) is 5.26 Å². The van der Waals surface area contributed by atoms with Crippen molar-refractivity contribution in [3.05, 3.63) is 41.2 Å². The smallest absolute Gasteiger partial charge is 0.357 e. The predicted octanol–water partition coefficient (Wildman–Crippen LogP) is 1.63. The molecule has 1 amide bonds. The molecule has 3 rings (SSSR count). The van der Waals surface area contributed by atoms with Crippen LogP contribution in [0.2, 0.25) is 0 Å². The lowest BCUT2D eigenvalue weighted by molar-refractivity contribution is -0.116. The Morgan fingerprint density at radius 2 is 2.12 bits per heavy atom. The standard InChI is InChI=1S/C17H16N4O3/c1-10(22)20-7-6-11-4-3-5-13(15(11)20)21-9-12(8-18)14(19)16(21)17(23)24-2/h3-5,9H,6-7,19H2,1-2H3. The lowest BCUT2D eigenvalue weighted by Gasteiger charge is -2.20. The molecule has 1 aromatic heterocycles. The summed E-state index contributed by atoms with van der Waals surface area (Å²) in [5.74, 6) is -0.722. The number of rotatable bonds is 2. The van der Waals surface area contributed by atoms with Crippen LogP contribution < -0.4 is 10.6 Å². The second-order valence-corrected chi connectivity index (χ2v) is 5.48. The van der Waals surface area contributed by atoms with E-state index in [9.17, 15) is 14.9 Å². The molecule has 0 fully saturated rings. The Bertz CT molecular complexity index is 892. The average Bonchev–Trinajstić information content (AvgIpc) is 3.15. The van der Waals surface area contributed by atoms with Crippen LogP contribution in [0.25, 0.3) is 5.69 Å². The maximum atomic E-state index is 12.2. The molecule has 122 valence electrons. The van der Waals surface area contributed by atoms with Crippen molar-refractivity contribution in [1.29, 1.82) is 5.26 Å². The monoisotopic (exact) mass is 324 g/mol. The summed E-state index contributed by atoms with van der Waals surface area (Å²) in [6.07, 6.45) is 2.23. The summed E-state index contributed by atoms with van der Waals surface area (Å²) in [5.41, 5.74) is 8.62. The van der Waals surface area contributed by atoms with Gasteiger partial charge in [0.05, 0.1) is 29.7 Å². The van der Waals surface area contributed by atoms with Gasteiger partial charge in [0.25, 0.3) is 0 Å². The van der Waals surface area contributed by atoms with Crippen molar-refractivity contribution in [1.82, 2.24) is 4.57 Å². The van der Waals surface area contributed by atoms with E-state index in [2.05, 4.69) is 0 Å². The third kappa shape index (κ3) is 2.20. The number of hydrogen-bond acceptors (Lipinski definition) is 5. The number of anilines is 2. The van der Waals surface area contributed by atoms with Crippen LogP contribution in [0.15, 0.2) is 24.4 Å². The summed E-state index contributed by atoms with van der Waals surface area (Å²) < 4.78 is 6.33. The van der Waals surface area contributed by atoms with E-state index in [0.29, 0.717) is 12.2 Å². The Hall–Kier alpha value is -3.27. The topological polar surface area (TPSA) is 101 Å². The van der Waals surface area contributed by atoms with Gasteiger partial charge in [-0.15, -0.1) is 0 Å². The van der Waals surface area contributed by atoms with Crippen molar-refractivity contribution in [2.24, 2.45) is 0 Å². The Balaban J connectivity index is 2.29. The van der Waals surface area contributed by atoms with Crippen LogP contribution in [0.3, 0.4) is 0 Å². The summed E-state index contributed by atoms with van der Waals surface area (Å²) >= 11 is 0. The molecule has 0 bridgehead atoms. The number of fused-ring (bicyclic) bond motifs is 1. The first-order valence-electron chi connectivity index (χ1n) is 7.39. The van der Waals surface area contributed by atoms with Crippen molar-refractivity contribution in [2.45, 2.75) is 13.3 Å². The molecule has 0 radical (unpaired) electrons. The van der Waals surface area contributed by atoms with Crippen LogP contribution in [0.5, 0.6) is 0 Å². The van der Waals surface area contributed by atoms with Crippen LogP contribution in [0.4, 0.5) is 11.4 Å². The molecule has 2 aromatic rings. The van der Waals surface area contributed by atoms with Crippen LogP contribution in [-0.4, -0.2) is 30.1 Å². The molecule has 2 N–H and O–H groups in total. The summed E-state index contributed by atoms with van der Waals surface area (Å²) in [5, 5.41) is 9.23. The second kappa shape index (κ2) is 5.74. The Morgan fingerprint density at radius 3 is 2.75 bits per heavy atom. The quantitative estimate of drug-likeness (QED) is 0.846. The summed E-state index contributed by atoms with van der Waals surface area (Å²) in [6, 6.07) is 7.55. The van der Waals surface area contributed by atoms with Crippen LogP contribution >= 0.6 is 0 Å². The highest BCUT2D eigenvalue weighted by Crippen LogP contribution is 2.36. The number of amides is 1. The number of ether oxygens (including phenoxy) is 1. The molecule has 1 aromatic carbocycles. The van der Waals surface area contributed by atoms with E-state index in [1.165, 1.54) is 24.8 Å². The lowest BCUT2D eigenvalue weighted by atomic mass is 10.1. The number of para-hydroxylation sites is 1.